The van der Waals surface area contributed by atoms with Crippen LogP contribution in [-0.2, 0) is 4.79 Å². The van der Waals surface area contributed by atoms with Gasteiger partial charge in [0.25, 0.3) is 0 Å². The molecule has 1 aromatic carbocycles. The van der Waals surface area contributed by atoms with E-state index in [4.69, 9.17) is 0 Å². The Bertz CT molecular complexity index is 349. The zero-order valence-electron chi connectivity index (χ0n) is 7.56. The van der Waals surface area contributed by atoms with Crippen molar-refractivity contribution in [3.8, 4) is 0 Å². The molecule has 0 aliphatic carbocycles. The quantitative estimate of drug-likeness (QED) is 0.544. The fraction of sp³-hybridized carbons (Fsp3) is 0.300. The van der Waals surface area contributed by atoms with E-state index in [1.807, 2.05) is 0 Å². The van der Waals surface area contributed by atoms with Crippen LogP contribution >= 0.6 is 0 Å². The van der Waals surface area contributed by atoms with Crippen LogP contribution in [0.5, 0.6) is 0 Å². The second-order valence-electron chi connectivity index (χ2n) is 3.09. The Labute approximate surface area is 79.5 Å². The molecule has 4 heteroatoms. The number of aldehydes is 1. The van der Waals surface area contributed by atoms with E-state index < -0.39 is 23.4 Å². The van der Waals surface area contributed by atoms with Gasteiger partial charge in [-0.05, 0) is 17.5 Å². The molecule has 0 spiro atoms. The average Bonchev–Trinajstić information content (AvgIpc) is 2.11. The highest BCUT2D eigenvalue weighted by molar-refractivity contribution is 5.51. The molecule has 0 aliphatic heterocycles. The van der Waals surface area contributed by atoms with Crippen molar-refractivity contribution in [3.05, 3.63) is 35.1 Å². The molecule has 0 saturated carbocycles. The van der Waals surface area contributed by atoms with Gasteiger partial charge in [-0.3, -0.25) is 0 Å². The first kappa shape index (κ1) is 10.8. The minimum absolute atomic E-state index is 0.0241. The molecule has 0 amide bonds. The predicted octanol–water partition coefficient (Wildman–Crippen LogP) is 2.80. The molecule has 0 heterocycles. The van der Waals surface area contributed by atoms with Crippen molar-refractivity contribution in [3.63, 3.8) is 0 Å². The summed E-state index contributed by atoms with van der Waals surface area (Å²) in [5.74, 6) is -3.58. The predicted molar refractivity (Wildman–Crippen MR) is 45.4 cm³/mol. The van der Waals surface area contributed by atoms with Gasteiger partial charge in [0, 0.05) is 12.5 Å². The molecule has 0 aliphatic rings. The van der Waals surface area contributed by atoms with E-state index in [1.54, 1.807) is 6.92 Å². The Hall–Kier alpha value is -1.32. The maximum Gasteiger partial charge on any atom is 0.161 e. The van der Waals surface area contributed by atoms with Crippen molar-refractivity contribution in [2.45, 2.75) is 19.3 Å². The summed E-state index contributed by atoms with van der Waals surface area (Å²) in [5, 5.41) is 0. The smallest absolute Gasteiger partial charge is 0.161 e. The van der Waals surface area contributed by atoms with Gasteiger partial charge in [0.05, 0.1) is 0 Å². The average molecular weight is 202 g/mol. The number of carbonyl (C=O) groups excluding carboxylic acids is 1. The molecular weight excluding hydrogens is 193 g/mol. The maximum atomic E-state index is 13.1. The second kappa shape index (κ2) is 4.26. The monoisotopic (exact) mass is 202 g/mol. The molecular formula is C10H9F3O. The van der Waals surface area contributed by atoms with Crippen LogP contribution in [0.25, 0.3) is 0 Å². The van der Waals surface area contributed by atoms with Gasteiger partial charge in [0.15, 0.2) is 11.6 Å². The van der Waals surface area contributed by atoms with Gasteiger partial charge in [-0.2, -0.15) is 0 Å². The first-order chi connectivity index (χ1) is 6.56. The number of carbonyl (C=O) groups is 1. The molecule has 76 valence electrons. The first-order valence-corrected chi connectivity index (χ1v) is 4.14. The molecule has 0 aromatic heterocycles. The number of halogens is 3. The normalized spacial score (nSPS) is 12.6. The van der Waals surface area contributed by atoms with Crippen molar-refractivity contribution in [2.75, 3.05) is 0 Å². The lowest BCUT2D eigenvalue weighted by molar-refractivity contribution is -0.108. The van der Waals surface area contributed by atoms with Crippen molar-refractivity contribution in [1.82, 2.24) is 0 Å². The summed E-state index contributed by atoms with van der Waals surface area (Å²) in [6.45, 7) is 1.57. The van der Waals surface area contributed by atoms with Gasteiger partial charge in [-0.25, -0.2) is 13.2 Å². The highest BCUT2D eigenvalue weighted by atomic mass is 19.2. The van der Waals surface area contributed by atoms with E-state index >= 15 is 0 Å². The summed E-state index contributed by atoms with van der Waals surface area (Å²) in [6.07, 6.45) is 0.702. The molecule has 1 unspecified atom stereocenters. The van der Waals surface area contributed by atoms with E-state index in [9.17, 15) is 18.0 Å². The Kier molecular flexibility index (Phi) is 3.28. The van der Waals surface area contributed by atoms with E-state index in [0.717, 1.165) is 6.07 Å². The largest absolute Gasteiger partial charge is 0.303 e. The minimum atomic E-state index is -1.22. The Morgan fingerprint density at radius 3 is 2.36 bits per heavy atom. The highest BCUT2D eigenvalue weighted by Crippen LogP contribution is 2.23. The number of benzene rings is 1. The number of hydrogen-bond donors (Lipinski definition) is 0. The topological polar surface area (TPSA) is 17.1 Å². The molecule has 14 heavy (non-hydrogen) atoms. The SMILES string of the molecule is CC(CC=O)c1cc(F)c(F)cc1F. The second-order valence-corrected chi connectivity index (χ2v) is 3.09. The summed E-state index contributed by atoms with van der Waals surface area (Å²) in [5.41, 5.74) is 0.0241. The fourth-order valence-electron chi connectivity index (χ4n) is 1.19. The molecule has 1 rings (SSSR count). The van der Waals surface area contributed by atoms with E-state index in [0.29, 0.717) is 12.4 Å². The van der Waals surface area contributed by atoms with Crippen LogP contribution in [-0.4, -0.2) is 6.29 Å². The third-order valence-corrected chi connectivity index (χ3v) is 2.02. The van der Waals surface area contributed by atoms with Crippen LogP contribution in [0, 0.1) is 17.5 Å². The Morgan fingerprint density at radius 2 is 1.79 bits per heavy atom. The van der Waals surface area contributed by atoms with Crippen LogP contribution in [0.2, 0.25) is 0 Å². The lowest BCUT2D eigenvalue weighted by Gasteiger charge is -2.09. The molecule has 0 saturated heterocycles. The minimum Gasteiger partial charge on any atom is -0.303 e. The Balaban J connectivity index is 3.08. The van der Waals surface area contributed by atoms with Gasteiger partial charge in [0.1, 0.15) is 12.1 Å². The number of hydrogen-bond acceptors (Lipinski definition) is 1. The standard InChI is InChI=1S/C10H9F3O/c1-6(2-3-14)7-4-9(12)10(13)5-8(7)11/h3-6H,2H2,1H3. The Morgan fingerprint density at radius 1 is 1.21 bits per heavy atom. The van der Waals surface area contributed by atoms with Crippen LogP contribution in [0.4, 0.5) is 13.2 Å². The summed E-state index contributed by atoms with van der Waals surface area (Å²) in [7, 11) is 0. The molecule has 0 N–H and O–H groups in total. The third kappa shape index (κ3) is 2.13. The van der Waals surface area contributed by atoms with Crippen molar-refractivity contribution in [2.24, 2.45) is 0 Å². The van der Waals surface area contributed by atoms with Crippen molar-refractivity contribution < 1.29 is 18.0 Å². The summed E-state index contributed by atoms with van der Waals surface area (Å²) in [6, 6.07) is 1.28. The third-order valence-electron chi connectivity index (χ3n) is 2.02. The highest BCUT2D eigenvalue weighted by Gasteiger charge is 2.14. The summed E-state index contributed by atoms with van der Waals surface area (Å²) >= 11 is 0. The van der Waals surface area contributed by atoms with Gasteiger partial charge < -0.3 is 4.79 Å². The van der Waals surface area contributed by atoms with Gasteiger partial charge in [0.2, 0.25) is 0 Å². The van der Waals surface area contributed by atoms with Crippen LogP contribution < -0.4 is 0 Å². The molecule has 1 atom stereocenters. The molecule has 0 fully saturated rings. The first-order valence-electron chi connectivity index (χ1n) is 4.14. The molecule has 1 aromatic rings. The van der Waals surface area contributed by atoms with Crippen molar-refractivity contribution >= 4 is 6.29 Å². The lowest BCUT2D eigenvalue weighted by Crippen LogP contribution is -2.01. The van der Waals surface area contributed by atoms with Gasteiger partial charge in [-0.15, -0.1) is 0 Å². The molecule has 0 radical (unpaired) electrons. The zero-order valence-corrected chi connectivity index (χ0v) is 7.56. The van der Waals surface area contributed by atoms with E-state index in [1.165, 1.54) is 0 Å². The zero-order chi connectivity index (χ0) is 10.7. The fourth-order valence-corrected chi connectivity index (χ4v) is 1.19. The van der Waals surface area contributed by atoms with Gasteiger partial charge >= 0.3 is 0 Å². The number of rotatable bonds is 3. The van der Waals surface area contributed by atoms with E-state index in [2.05, 4.69) is 0 Å². The lowest BCUT2D eigenvalue weighted by atomic mass is 9.98. The van der Waals surface area contributed by atoms with Gasteiger partial charge in [-0.1, -0.05) is 6.92 Å². The maximum absolute atomic E-state index is 13.1. The summed E-state index contributed by atoms with van der Waals surface area (Å²) in [4.78, 5) is 10.2. The van der Waals surface area contributed by atoms with Crippen LogP contribution in [0.15, 0.2) is 12.1 Å². The van der Waals surface area contributed by atoms with Crippen LogP contribution in [0.3, 0.4) is 0 Å². The summed E-state index contributed by atoms with van der Waals surface area (Å²) < 4.78 is 38.3. The molecule has 1 nitrogen and oxygen atoms in total. The van der Waals surface area contributed by atoms with Crippen LogP contribution in [0.1, 0.15) is 24.8 Å². The molecule has 0 bridgehead atoms. The van der Waals surface area contributed by atoms with Crippen molar-refractivity contribution in [1.29, 1.82) is 0 Å². The van der Waals surface area contributed by atoms with E-state index in [-0.39, 0.29) is 12.0 Å².